The molecule has 0 aromatic rings. The Bertz CT molecular complexity index is 462. The molecule has 0 fully saturated rings. The third kappa shape index (κ3) is 33.9. The molecule has 0 heterocycles. The van der Waals surface area contributed by atoms with Crippen molar-refractivity contribution in [2.75, 3.05) is 25.8 Å². The molecule has 0 aromatic heterocycles. The Kier molecular flexibility index (Phi) is 36.4. The molecule has 0 aromatic carbocycles. The second-order valence-electron chi connectivity index (χ2n) is 14.9. The normalized spacial score (nSPS) is 12.1. The largest absolute Gasteiger partial charge is 1.00 e. The Hall–Kier alpha value is 0.757. The van der Waals surface area contributed by atoms with Gasteiger partial charge in [-0.25, -0.2) is 0 Å². The molecule has 0 aliphatic heterocycles. The average molecular weight is 665 g/mol. The first kappa shape index (κ1) is 45.9. The van der Waals surface area contributed by atoms with Crippen LogP contribution in [0, 0.1) is 0 Å². The summed E-state index contributed by atoms with van der Waals surface area (Å²) in [5, 5.41) is 0. The van der Waals surface area contributed by atoms with Gasteiger partial charge >= 0.3 is 0 Å². The lowest BCUT2D eigenvalue weighted by molar-refractivity contribution is -0.919. The lowest BCUT2D eigenvalue weighted by Crippen LogP contribution is -3.00. The minimum absolute atomic E-state index is 0. The molecular weight excluding hydrogens is 581 g/mol. The second kappa shape index (κ2) is 34.1. The van der Waals surface area contributed by atoms with Crippen LogP contribution in [0.3, 0.4) is 0 Å². The summed E-state index contributed by atoms with van der Waals surface area (Å²) in [6.45, 7) is 16.0. The van der Waals surface area contributed by atoms with Crippen molar-refractivity contribution in [1.29, 1.82) is 0 Å². The van der Waals surface area contributed by atoms with Crippen LogP contribution in [0.15, 0.2) is 0 Å². The molecule has 0 radical (unpaired) electrons. The predicted octanol–water partition coefficient (Wildman–Crippen LogP) is 11.6. The van der Waals surface area contributed by atoms with Gasteiger partial charge in [0, 0.05) is 0 Å². The van der Waals surface area contributed by atoms with E-state index in [-0.39, 0.29) is 12.4 Å². The van der Waals surface area contributed by atoms with Crippen LogP contribution in [0.5, 0.6) is 0 Å². The molecule has 0 unspecified atom stereocenters. The van der Waals surface area contributed by atoms with E-state index in [0.717, 1.165) is 0 Å². The molecule has 0 saturated heterocycles. The summed E-state index contributed by atoms with van der Waals surface area (Å²) in [6, 6.07) is 0. The number of halogens is 2. The molecule has 0 atom stereocenters. The van der Waals surface area contributed by atoms with Gasteiger partial charge in [-0.2, -0.15) is 11.1 Å². The molecule has 0 spiro atoms. The van der Waals surface area contributed by atoms with Crippen molar-refractivity contribution in [1.82, 2.24) is 0 Å². The summed E-state index contributed by atoms with van der Waals surface area (Å²) in [6.07, 6.45) is 44.5. The molecular formula is C39H83Cl2NSi. The first-order chi connectivity index (χ1) is 20.4. The van der Waals surface area contributed by atoms with Crippen LogP contribution < -0.4 is 12.4 Å². The summed E-state index contributed by atoms with van der Waals surface area (Å²) >= 11 is 7.14. The van der Waals surface area contributed by atoms with Gasteiger partial charge in [-0.05, 0) is 38.5 Å². The van der Waals surface area contributed by atoms with Crippen LogP contribution in [0.2, 0.25) is 13.1 Å². The van der Waals surface area contributed by atoms with Crippen LogP contribution >= 0.6 is 11.1 Å². The smallest absolute Gasteiger partial charge is 0.211 e. The van der Waals surface area contributed by atoms with Gasteiger partial charge in [-0.3, -0.25) is 0 Å². The number of rotatable bonds is 35. The van der Waals surface area contributed by atoms with Gasteiger partial charge in [0.2, 0.25) is 7.38 Å². The van der Waals surface area contributed by atoms with Crippen molar-refractivity contribution < 1.29 is 16.9 Å². The molecule has 1 nitrogen and oxygen atoms in total. The Morgan fingerprint density at radius 3 is 0.721 bits per heavy atom. The maximum absolute atomic E-state index is 7.14. The number of nitrogens with zero attached hydrogens (tertiary/aromatic N) is 1. The monoisotopic (exact) mass is 664 g/mol. The van der Waals surface area contributed by atoms with Crippen molar-refractivity contribution in [3.8, 4) is 0 Å². The summed E-state index contributed by atoms with van der Waals surface area (Å²) in [4.78, 5) is 0. The Balaban J connectivity index is 0. The van der Waals surface area contributed by atoms with E-state index in [1.54, 1.807) is 0 Å². The minimum Gasteiger partial charge on any atom is -1.00 e. The van der Waals surface area contributed by atoms with Crippen LogP contribution in [0.25, 0.3) is 0 Å². The predicted molar refractivity (Wildman–Crippen MR) is 199 cm³/mol. The zero-order chi connectivity index (χ0) is 31.0. The molecule has 4 heteroatoms. The number of hydrogen-bond donors (Lipinski definition) is 0. The van der Waals surface area contributed by atoms with Crippen LogP contribution in [0.1, 0.15) is 213 Å². The van der Waals surface area contributed by atoms with E-state index in [1.165, 1.54) is 223 Å². The van der Waals surface area contributed by atoms with Crippen LogP contribution in [-0.4, -0.2) is 37.7 Å². The topological polar surface area (TPSA) is 0 Å². The lowest BCUT2D eigenvalue weighted by Gasteiger charge is -2.42. The summed E-state index contributed by atoms with van der Waals surface area (Å²) in [5.41, 5.74) is 0. The molecule has 0 saturated carbocycles. The van der Waals surface area contributed by atoms with E-state index in [4.69, 9.17) is 11.1 Å². The summed E-state index contributed by atoms with van der Waals surface area (Å²) < 4.78 is 1.35. The lowest BCUT2D eigenvalue weighted by atomic mass is 10.0. The van der Waals surface area contributed by atoms with Crippen molar-refractivity contribution in [2.24, 2.45) is 0 Å². The number of unbranched alkanes of at least 4 members (excludes halogenated alkanes) is 27. The van der Waals surface area contributed by atoms with Gasteiger partial charge in [0.05, 0.1) is 25.8 Å². The van der Waals surface area contributed by atoms with Gasteiger partial charge in [0.25, 0.3) is 0 Å². The minimum atomic E-state index is -1.64. The third-order valence-electron chi connectivity index (χ3n) is 9.67. The van der Waals surface area contributed by atoms with Gasteiger partial charge < -0.3 is 16.9 Å². The van der Waals surface area contributed by atoms with E-state index < -0.39 is 7.38 Å². The Labute approximate surface area is 286 Å². The molecule has 0 aliphatic rings. The van der Waals surface area contributed by atoms with Crippen molar-refractivity contribution in [2.45, 2.75) is 226 Å². The van der Waals surface area contributed by atoms with Gasteiger partial charge in [-0.15, -0.1) is 0 Å². The van der Waals surface area contributed by atoms with E-state index in [2.05, 4.69) is 33.9 Å². The SMILES string of the molecule is CCCCCCCCCCCC[N+](CCCCCCCCCCCC)(CCCCCCCCCCCC)C[Si](C)(C)Cl.[Cl-]. The molecule has 0 amide bonds. The van der Waals surface area contributed by atoms with Crippen molar-refractivity contribution >= 4 is 18.5 Å². The van der Waals surface area contributed by atoms with Gasteiger partial charge in [0.1, 0.15) is 0 Å². The zero-order valence-electron chi connectivity index (χ0n) is 30.7. The van der Waals surface area contributed by atoms with E-state index in [9.17, 15) is 0 Å². The van der Waals surface area contributed by atoms with Gasteiger partial charge in [0.15, 0.2) is 0 Å². The van der Waals surface area contributed by atoms with Crippen LogP contribution in [-0.2, 0) is 0 Å². The van der Waals surface area contributed by atoms with E-state index in [1.807, 2.05) is 0 Å². The third-order valence-corrected chi connectivity index (χ3v) is 11.5. The highest BCUT2D eigenvalue weighted by Crippen LogP contribution is 2.24. The van der Waals surface area contributed by atoms with Crippen LogP contribution in [0.4, 0.5) is 0 Å². The maximum atomic E-state index is 7.14. The zero-order valence-corrected chi connectivity index (χ0v) is 33.3. The van der Waals surface area contributed by atoms with Gasteiger partial charge in [-0.1, -0.05) is 188 Å². The quantitative estimate of drug-likeness (QED) is 0.0274. The molecule has 0 aliphatic carbocycles. The van der Waals surface area contributed by atoms with Crippen molar-refractivity contribution in [3.63, 3.8) is 0 Å². The summed E-state index contributed by atoms with van der Waals surface area (Å²) in [7, 11) is -1.64. The molecule has 43 heavy (non-hydrogen) atoms. The fourth-order valence-corrected chi connectivity index (χ4v) is 10.0. The molecule has 262 valence electrons. The molecule has 0 rings (SSSR count). The molecule has 0 N–H and O–H groups in total. The number of quaternary nitrogens is 1. The highest BCUT2D eigenvalue weighted by molar-refractivity contribution is 7.19. The highest BCUT2D eigenvalue weighted by atomic mass is 35.6. The average Bonchev–Trinajstić information content (AvgIpc) is 2.95. The fourth-order valence-electron chi connectivity index (χ4n) is 7.17. The van der Waals surface area contributed by atoms with Crippen molar-refractivity contribution in [3.05, 3.63) is 0 Å². The first-order valence-corrected chi connectivity index (χ1v) is 24.1. The first-order valence-electron chi connectivity index (χ1n) is 19.9. The maximum Gasteiger partial charge on any atom is 0.211 e. The van der Waals surface area contributed by atoms with E-state index in [0.29, 0.717) is 0 Å². The fraction of sp³-hybridized carbons (Fsp3) is 1.00. The van der Waals surface area contributed by atoms with E-state index >= 15 is 0 Å². The second-order valence-corrected chi connectivity index (χ2v) is 21.8. The highest BCUT2D eigenvalue weighted by Gasteiger charge is 2.34. The number of hydrogen-bond acceptors (Lipinski definition) is 0. The molecule has 0 bridgehead atoms. The Morgan fingerprint density at radius 2 is 0.535 bits per heavy atom. The Morgan fingerprint density at radius 1 is 0.349 bits per heavy atom. The standard InChI is InChI=1S/C39H83ClNSi.ClH/c1-6-9-12-15-18-21-24-27-30-33-36-41(39-42(4,5)40,37-34-31-28-25-22-19-16-13-10-7-2)38-35-32-29-26-23-20-17-14-11-8-3;/h6-39H2,1-5H3;1H/q+1;/p-1. The summed E-state index contributed by atoms with van der Waals surface area (Å²) in [5.74, 6) is 0.